The van der Waals surface area contributed by atoms with Crippen LogP contribution in [-0.2, 0) is 10.1 Å². The Morgan fingerprint density at radius 2 is 1.64 bits per heavy atom. The fraction of sp³-hybridized carbons (Fsp3) is 1.00. The smallest absolute Gasteiger partial charge is 0.746 e. The number of likely N-dealkylation sites (N-methyl/N-ethyl adjacent to an activating group) is 1. The van der Waals surface area contributed by atoms with E-state index in [1.807, 2.05) is 0 Å². The van der Waals surface area contributed by atoms with E-state index in [-0.39, 0.29) is 29.6 Å². The van der Waals surface area contributed by atoms with Gasteiger partial charge in [-0.2, -0.15) is 0 Å². The molecule has 14 heavy (non-hydrogen) atoms. The van der Waals surface area contributed by atoms with Crippen LogP contribution in [0.1, 0.15) is 0 Å². The molecule has 80 valence electrons. The summed E-state index contributed by atoms with van der Waals surface area (Å²) in [6, 6.07) is 0. The molecule has 0 unspecified atom stereocenters. The minimum atomic E-state index is -4.92. The zero-order chi connectivity index (χ0) is 10.7. The molecule has 0 bridgehead atoms. The Morgan fingerprint density at radius 1 is 1.29 bits per heavy atom. The van der Waals surface area contributed by atoms with Crippen molar-refractivity contribution in [3.05, 3.63) is 0 Å². The van der Waals surface area contributed by atoms with E-state index in [0.717, 1.165) is 7.05 Å². The van der Waals surface area contributed by atoms with Crippen LogP contribution in [0.3, 0.4) is 0 Å². The van der Waals surface area contributed by atoms with Gasteiger partial charge in [0, 0.05) is 0 Å². The molecule has 0 saturated carbocycles. The Bertz CT molecular complexity index is 251. The molecule has 0 amide bonds. The van der Waals surface area contributed by atoms with Gasteiger partial charge >= 0.3 is 29.6 Å². The maximum absolute atomic E-state index is 10.7. The van der Waals surface area contributed by atoms with Gasteiger partial charge in [0.25, 0.3) is 0 Å². The van der Waals surface area contributed by atoms with Crippen molar-refractivity contribution in [2.45, 2.75) is 4.87 Å². The van der Waals surface area contributed by atoms with Crippen LogP contribution >= 0.6 is 0 Å². The Kier molecular flexibility index (Phi) is 7.79. The van der Waals surface area contributed by atoms with Crippen molar-refractivity contribution < 1.29 is 57.8 Å². The van der Waals surface area contributed by atoms with Crippen LogP contribution in [0.4, 0.5) is 0 Å². The maximum Gasteiger partial charge on any atom is 1.00 e. The summed E-state index contributed by atoms with van der Waals surface area (Å²) < 4.78 is 32.1. The molecule has 0 heterocycles. The first-order valence-electron chi connectivity index (χ1n) is 3.35. The summed E-state index contributed by atoms with van der Waals surface area (Å²) in [6.45, 7) is -2.92. The SMILES string of the molecule is CN(CO)C(CO)(CO)S(=O)(=O)[O-].[Na+]. The van der Waals surface area contributed by atoms with Crippen molar-refractivity contribution in [2.75, 3.05) is 27.0 Å². The first kappa shape index (κ1) is 17.2. The van der Waals surface area contributed by atoms with Gasteiger partial charge in [-0.05, 0) is 7.05 Å². The summed E-state index contributed by atoms with van der Waals surface area (Å²) >= 11 is 0. The van der Waals surface area contributed by atoms with Gasteiger partial charge in [0.05, 0.1) is 19.9 Å². The van der Waals surface area contributed by atoms with Crippen LogP contribution in [-0.4, -0.2) is 65.1 Å². The standard InChI is InChI=1S/C5H13NO6S.Na/c1-6(4-9)5(2-7,3-8)13(10,11)12;/h7-9H,2-4H2,1H3,(H,10,11,12);/q;+1/p-1. The van der Waals surface area contributed by atoms with Crippen LogP contribution < -0.4 is 29.6 Å². The first-order valence-corrected chi connectivity index (χ1v) is 4.76. The second-order valence-corrected chi connectivity index (χ2v) is 4.22. The largest absolute Gasteiger partial charge is 1.00 e. The fourth-order valence-corrected chi connectivity index (χ4v) is 1.52. The molecule has 0 fully saturated rings. The Labute approximate surface area is 104 Å². The number of hydrogen-bond acceptors (Lipinski definition) is 7. The molecule has 0 radical (unpaired) electrons. The fourth-order valence-electron chi connectivity index (χ4n) is 0.769. The molecular formula is C5H12NNaO6S. The number of rotatable bonds is 5. The summed E-state index contributed by atoms with van der Waals surface area (Å²) in [5.74, 6) is 0. The summed E-state index contributed by atoms with van der Waals surface area (Å²) in [4.78, 5) is -1.70. The molecule has 3 N–H and O–H groups in total. The monoisotopic (exact) mass is 237 g/mol. The summed E-state index contributed by atoms with van der Waals surface area (Å²) in [6.07, 6.45) is 0. The van der Waals surface area contributed by atoms with E-state index in [1.54, 1.807) is 0 Å². The molecule has 0 saturated heterocycles. The van der Waals surface area contributed by atoms with Crippen molar-refractivity contribution in [3.8, 4) is 0 Å². The molecule has 0 aromatic carbocycles. The van der Waals surface area contributed by atoms with Crippen LogP contribution in [0, 0.1) is 0 Å². The van der Waals surface area contributed by atoms with E-state index in [0.29, 0.717) is 4.90 Å². The molecule has 9 heteroatoms. The van der Waals surface area contributed by atoms with Crippen molar-refractivity contribution in [3.63, 3.8) is 0 Å². The molecule has 0 aliphatic rings. The van der Waals surface area contributed by atoms with Gasteiger partial charge in [-0.15, -0.1) is 0 Å². The van der Waals surface area contributed by atoms with Crippen molar-refractivity contribution >= 4 is 10.1 Å². The van der Waals surface area contributed by atoms with E-state index in [9.17, 15) is 13.0 Å². The van der Waals surface area contributed by atoms with E-state index in [4.69, 9.17) is 15.3 Å². The summed E-state index contributed by atoms with van der Waals surface area (Å²) in [5, 5.41) is 26.0. The van der Waals surface area contributed by atoms with Gasteiger partial charge in [0.1, 0.15) is 10.1 Å². The molecule has 0 atom stereocenters. The molecule has 0 aromatic heterocycles. The normalized spacial score (nSPS) is 12.7. The van der Waals surface area contributed by atoms with Crippen LogP contribution in [0.25, 0.3) is 0 Å². The van der Waals surface area contributed by atoms with Gasteiger partial charge < -0.3 is 19.9 Å². The second-order valence-electron chi connectivity index (χ2n) is 2.56. The van der Waals surface area contributed by atoms with Crippen molar-refractivity contribution in [1.82, 2.24) is 4.90 Å². The number of nitrogens with zero attached hydrogens (tertiary/aromatic N) is 1. The Hall–Kier alpha value is 0.750. The third-order valence-corrected chi connectivity index (χ3v) is 3.37. The van der Waals surface area contributed by atoms with E-state index in [2.05, 4.69) is 0 Å². The van der Waals surface area contributed by atoms with Crippen LogP contribution in [0.15, 0.2) is 0 Å². The van der Waals surface area contributed by atoms with Crippen molar-refractivity contribution in [2.24, 2.45) is 0 Å². The Morgan fingerprint density at radius 3 is 1.71 bits per heavy atom. The first-order chi connectivity index (χ1) is 5.85. The van der Waals surface area contributed by atoms with E-state index in [1.165, 1.54) is 0 Å². The molecule has 0 aliphatic carbocycles. The molecule has 0 aromatic rings. The second kappa shape index (κ2) is 6.36. The molecule has 7 nitrogen and oxygen atoms in total. The van der Waals surface area contributed by atoms with Gasteiger partial charge in [0.2, 0.25) is 0 Å². The average molecular weight is 237 g/mol. The van der Waals surface area contributed by atoms with Gasteiger partial charge in [-0.1, -0.05) is 0 Å². The van der Waals surface area contributed by atoms with Crippen molar-refractivity contribution in [1.29, 1.82) is 0 Å². The zero-order valence-corrected chi connectivity index (χ0v) is 10.9. The minimum Gasteiger partial charge on any atom is -0.746 e. The predicted octanol–water partition coefficient (Wildman–Crippen LogP) is -5.90. The topological polar surface area (TPSA) is 121 Å². The Balaban J connectivity index is 0. The minimum absolute atomic E-state index is 0. The molecular weight excluding hydrogens is 225 g/mol. The van der Waals surface area contributed by atoms with Gasteiger partial charge in [0.15, 0.2) is 4.87 Å². The van der Waals surface area contributed by atoms with E-state index >= 15 is 0 Å². The number of aliphatic hydroxyl groups is 3. The molecule has 0 rings (SSSR count). The average Bonchev–Trinajstić information content (AvgIpc) is 2.04. The summed E-state index contributed by atoms with van der Waals surface area (Å²) in [5.41, 5.74) is 0. The predicted molar refractivity (Wildman–Crippen MR) is 41.4 cm³/mol. The molecule has 0 spiro atoms. The maximum atomic E-state index is 10.7. The van der Waals surface area contributed by atoms with E-state index < -0.39 is 34.9 Å². The third kappa shape index (κ3) is 3.12. The number of aliphatic hydroxyl groups excluding tert-OH is 3. The quantitative estimate of drug-likeness (QED) is 0.247. The van der Waals surface area contributed by atoms with Crippen LogP contribution in [0.2, 0.25) is 0 Å². The third-order valence-electron chi connectivity index (χ3n) is 1.87. The summed E-state index contributed by atoms with van der Waals surface area (Å²) in [7, 11) is -3.82. The molecule has 0 aliphatic heterocycles. The zero-order valence-electron chi connectivity index (χ0n) is 8.04. The van der Waals surface area contributed by atoms with Crippen LogP contribution in [0.5, 0.6) is 0 Å². The van der Waals surface area contributed by atoms with Gasteiger partial charge in [-0.3, -0.25) is 4.90 Å². The number of hydrogen-bond donors (Lipinski definition) is 3. The van der Waals surface area contributed by atoms with Gasteiger partial charge in [-0.25, -0.2) is 8.42 Å².